The van der Waals surface area contributed by atoms with Crippen molar-refractivity contribution in [2.45, 2.75) is 45.6 Å². The Labute approximate surface area is 126 Å². The molecule has 2 aromatic rings. The molecule has 0 aromatic heterocycles. The lowest BCUT2D eigenvalue weighted by Gasteiger charge is -2.42. The molecule has 2 unspecified atom stereocenters. The van der Waals surface area contributed by atoms with Crippen LogP contribution in [0, 0.1) is 17.2 Å². The number of halogens is 1. The summed E-state index contributed by atoms with van der Waals surface area (Å²) in [6.07, 6.45) is 4.94. The molecule has 0 saturated heterocycles. The standard InChI is InChI=1S/C19H24FN/c1-19(2)12-6-5-9-16(19)18(21)15-10-11-17(20)14-8-4-3-7-13(14)15/h3-4,7-8,10-11,16,18H,5-6,9,12,21H2,1-2H3. The first kappa shape index (κ1) is 14.5. The average molecular weight is 285 g/mol. The molecule has 2 heteroatoms. The molecule has 0 radical (unpaired) electrons. The Morgan fingerprint density at radius 1 is 1.10 bits per heavy atom. The Balaban J connectivity index is 2.06. The van der Waals surface area contributed by atoms with Gasteiger partial charge < -0.3 is 5.73 Å². The van der Waals surface area contributed by atoms with Gasteiger partial charge in [-0.25, -0.2) is 4.39 Å². The highest BCUT2D eigenvalue weighted by Crippen LogP contribution is 2.46. The summed E-state index contributed by atoms with van der Waals surface area (Å²) in [5, 5.41) is 1.64. The molecule has 0 amide bonds. The molecule has 21 heavy (non-hydrogen) atoms. The monoisotopic (exact) mass is 285 g/mol. The normalized spacial score (nSPS) is 23.1. The van der Waals surface area contributed by atoms with Crippen molar-refractivity contribution in [3.05, 3.63) is 47.8 Å². The van der Waals surface area contributed by atoms with Gasteiger partial charge in [-0.15, -0.1) is 0 Å². The van der Waals surface area contributed by atoms with E-state index in [1.54, 1.807) is 6.07 Å². The lowest BCUT2D eigenvalue weighted by atomic mass is 9.65. The molecule has 2 atom stereocenters. The quantitative estimate of drug-likeness (QED) is 0.806. The molecule has 2 aromatic carbocycles. The molecule has 0 bridgehead atoms. The van der Waals surface area contributed by atoms with E-state index in [0.29, 0.717) is 11.3 Å². The van der Waals surface area contributed by atoms with Crippen LogP contribution in [0.4, 0.5) is 4.39 Å². The molecule has 1 aliphatic rings. The number of fused-ring (bicyclic) bond motifs is 1. The van der Waals surface area contributed by atoms with Crippen LogP contribution in [0.3, 0.4) is 0 Å². The fourth-order valence-corrected chi connectivity index (χ4v) is 3.98. The second-order valence-electron chi connectivity index (χ2n) is 7.05. The summed E-state index contributed by atoms with van der Waals surface area (Å²) in [5.74, 6) is 0.296. The molecular weight excluding hydrogens is 261 g/mol. The van der Waals surface area contributed by atoms with Gasteiger partial charge in [-0.3, -0.25) is 0 Å². The van der Waals surface area contributed by atoms with Crippen molar-refractivity contribution < 1.29 is 4.39 Å². The van der Waals surface area contributed by atoms with Gasteiger partial charge in [0, 0.05) is 11.4 Å². The number of hydrogen-bond acceptors (Lipinski definition) is 1. The van der Waals surface area contributed by atoms with E-state index in [1.807, 2.05) is 30.3 Å². The van der Waals surface area contributed by atoms with Gasteiger partial charge in [-0.2, -0.15) is 0 Å². The highest BCUT2D eigenvalue weighted by Gasteiger charge is 2.37. The number of rotatable bonds is 2. The molecule has 1 aliphatic carbocycles. The fraction of sp³-hybridized carbons (Fsp3) is 0.474. The highest BCUT2D eigenvalue weighted by atomic mass is 19.1. The van der Waals surface area contributed by atoms with Crippen LogP contribution in [-0.4, -0.2) is 0 Å². The van der Waals surface area contributed by atoms with Crippen LogP contribution in [0.5, 0.6) is 0 Å². The molecule has 1 saturated carbocycles. The number of hydrogen-bond donors (Lipinski definition) is 1. The molecule has 112 valence electrons. The van der Waals surface area contributed by atoms with Crippen molar-refractivity contribution in [3.8, 4) is 0 Å². The van der Waals surface area contributed by atoms with Gasteiger partial charge in [0.15, 0.2) is 0 Å². The van der Waals surface area contributed by atoms with Gasteiger partial charge in [0.2, 0.25) is 0 Å². The smallest absolute Gasteiger partial charge is 0.131 e. The molecule has 0 heterocycles. The Kier molecular flexibility index (Phi) is 3.75. The first-order valence-electron chi connectivity index (χ1n) is 7.93. The summed E-state index contributed by atoms with van der Waals surface area (Å²) < 4.78 is 14.0. The van der Waals surface area contributed by atoms with Gasteiger partial charge >= 0.3 is 0 Å². The van der Waals surface area contributed by atoms with Crippen LogP contribution >= 0.6 is 0 Å². The summed E-state index contributed by atoms with van der Waals surface area (Å²) in [6, 6.07) is 11.1. The van der Waals surface area contributed by atoms with Crippen molar-refractivity contribution in [1.82, 2.24) is 0 Å². The highest BCUT2D eigenvalue weighted by molar-refractivity contribution is 5.86. The predicted molar refractivity (Wildman–Crippen MR) is 86.6 cm³/mol. The van der Waals surface area contributed by atoms with Crippen molar-refractivity contribution in [2.24, 2.45) is 17.1 Å². The molecule has 0 aliphatic heterocycles. The third-order valence-corrected chi connectivity index (χ3v) is 5.29. The minimum atomic E-state index is -0.163. The first-order chi connectivity index (χ1) is 10.0. The molecule has 1 nitrogen and oxygen atoms in total. The van der Waals surface area contributed by atoms with Crippen molar-refractivity contribution in [3.63, 3.8) is 0 Å². The second kappa shape index (κ2) is 5.42. The van der Waals surface area contributed by atoms with Crippen LogP contribution in [-0.2, 0) is 0 Å². The lowest BCUT2D eigenvalue weighted by Crippen LogP contribution is -2.36. The maximum Gasteiger partial charge on any atom is 0.131 e. The maximum atomic E-state index is 14.0. The van der Waals surface area contributed by atoms with Crippen molar-refractivity contribution >= 4 is 10.8 Å². The third-order valence-electron chi connectivity index (χ3n) is 5.29. The Bertz CT molecular complexity index is 647. The summed E-state index contributed by atoms with van der Waals surface area (Å²) in [6.45, 7) is 4.64. The Morgan fingerprint density at radius 2 is 1.81 bits per heavy atom. The van der Waals surface area contributed by atoms with E-state index in [-0.39, 0.29) is 17.3 Å². The van der Waals surface area contributed by atoms with E-state index in [9.17, 15) is 4.39 Å². The third kappa shape index (κ3) is 2.57. The van der Waals surface area contributed by atoms with E-state index in [4.69, 9.17) is 5.73 Å². The van der Waals surface area contributed by atoms with Crippen molar-refractivity contribution in [2.75, 3.05) is 0 Å². The molecule has 1 fully saturated rings. The van der Waals surface area contributed by atoms with E-state index in [2.05, 4.69) is 13.8 Å². The van der Waals surface area contributed by atoms with Crippen LogP contribution in [0.2, 0.25) is 0 Å². The fourth-order valence-electron chi connectivity index (χ4n) is 3.98. The Morgan fingerprint density at radius 3 is 2.52 bits per heavy atom. The van der Waals surface area contributed by atoms with E-state index in [1.165, 1.54) is 25.7 Å². The van der Waals surface area contributed by atoms with Gasteiger partial charge in [-0.05, 0) is 41.2 Å². The zero-order valence-electron chi connectivity index (χ0n) is 12.9. The Hall–Kier alpha value is -1.41. The first-order valence-corrected chi connectivity index (χ1v) is 7.93. The zero-order chi connectivity index (χ0) is 15.0. The van der Waals surface area contributed by atoms with Crippen LogP contribution in [0.25, 0.3) is 10.8 Å². The SMILES string of the molecule is CC1(C)CCCCC1C(N)c1ccc(F)c2ccccc12. The molecular formula is C19H24FN. The summed E-state index contributed by atoms with van der Waals surface area (Å²) in [4.78, 5) is 0. The van der Waals surface area contributed by atoms with E-state index in [0.717, 1.165) is 10.9 Å². The van der Waals surface area contributed by atoms with E-state index >= 15 is 0 Å². The van der Waals surface area contributed by atoms with Crippen LogP contribution in [0.15, 0.2) is 36.4 Å². The van der Waals surface area contributed by atoms with Crippen LogP contribution < -0.4 is 5.73 Å². The largest absolute Gasteiger partial charge is 0.324 e. The molecule has 3 rings (SSSR count). The van der Waals surface area contributed by atoms with Gasteiger partial charge in [0.05, 0.1) is 0 Å². The molecule has 2 N–H and O–H groups in total. The second-order valence-corrected chi connectivity index (χ2v) is 7.05. The maximum absolute atomic E-state index is 14.0. The summed E-state index contributed by atoms with van der Waals surface area (Å²) >= 11 is 0. The average Bonchev–Trinajstić information content (AvgIpc) is 2.47. The number of benzene rings is 2. The van der Waals surface area contributed by atoms with Gasteiger partial charge in [-0.1, -0.05) is 57.0 Å². The molecule has 0 spiro atoms. The zero-order valence-corrected chi connectivity index (χ0v) is 12.9. The van der Waals surface area contributed by atoms with Crippen molar-refractivity contribution in [1.29, 1.82) is 0 Å². The van der Waals surface area contributed by atoms with Crippen LogP contribution in [0.1, 0.15) is 51.1 Å². The predicted octanol–water partition coefficient (Wildman–Crippen LogP) is 5.20. The number of nitrogens with two attached hydrogens (primary N) is 1. The summed E-state index contributed by atoms with van der Waals surface area (Å²) in [7, 11) is 0. The van der Waals surface area contributed by atoms with E-state index < -0.39 is 0 Å². The minimum absolute atomic E-state index is 0.0224. The minimum Gasteiger partial charge on any atom is -0.324 e. The lowest BCUT2D eigenvalue weighted by molar-refractivity contribution is 0.113. The van der Waals surface area contributed by atoms with Gasteiger partial charge in [0.25, 0.3) is 0 Å². The summed E-state index contributed by atoms with van der Waals surface area (Å²) in [5.41, 5.74) is 7.99. The topological polar surface area (TPSA) is 26.0 Å². The van der Waals surface area contributed by atoms with Gasteiger partial charge in [0.1, 0.15) is 5.82 Å².